The Morgan fingerprint density at radius 1 is 1.03 bits per heavy atom. The van der Waals surface area contributed by atoms with E-state index in [9.17, 15) is 9.59 Å². The van der Waals surface area contributed by atoms with Gasteiger partial charge in [-0.2, -0.15) is 0 Å². The number of nitrogens with two attached hydrogens (primary N) is 1. The summed E-state index contributed by atoms with van der Waals surface area (Å²) in [6.07, 6.45) is 8.77. The van der Waals surface area contributed by atoms with Crippen molar-refractivity contribution in [3.8, 4) is 0 Å². The van der Waals surface area contributed by atoms with Crippen molar-refractivity contribution in [2.75, 3.05) is 22.5 Å². The highest BCUT2D eigenvalue weighted by Gasteiger charge is 2.26. The number of hydrogen-bond acceptors (Lipinski definition) is 8. The maximum absolute atomic E-state index is 13.0. The van der Waals surface area contributed by atoms with E-state index in [1.807, 2.05) is 6.07 Å². The van der Waals surface area contributed by atoms with Gasteiger partial charge in [0.15, 0.2) is 11.3 Å². The molecule has 0 bridgehead atoms. The first kappa shape index (κ1) is 23.3. The molecule has 5 rings (SSSR count). The molecule has 0 saturated heterocycles. The summed E-state index contributed by atoms with van der Waals surface area (Å²) in [6, 6.07) is 5.96. The molecule has 11 nitrogen and oxygen atoms in total. The number of fused-ring (bicyclic) bond motifs is 1. The number of nitrogens with one attached hydrogen (secondary N) is 4. The van der Waals surface area contributed by atoms with E-state index in [0.29, 0.717) is 34.0 Å². The largest absolute Gasteiger partial charge is 0.379 e. The molecule has 2 aliphatic rings. The van der Waals surface area contributed by atoms with Gasteiger partial charge in [0.2, 0.25) is 5.91 Å². The zero-order valence-electron chi connectivity index (χ0n) is 19.1. The molecule has 0 unspecified atom stereocenters. The summed E-state index contributed by atoms with van der Waals surface area (Å²) in [4.78, 5) is 33.0. The normalized spacial score (nSPS) is 19.8. The second-order valence-electron chi connectivity index (χ2n) is 9.03. The smallest absolute Gasteiger partial charge is 0.276 e. The van der Waals surface area contributed by atoms with Crippen molar-refractivity contribution in [1.29, 1.82) is 0 Å². The summed E-state index contributed by atoms with van der Waals surface area (Å²) < 4.78 is 1.57. The number of pyridine rings is 1. The van der Waals surface area contributed by atoms with E-state index in [1.54, 1.807) is 16.6 Å². The Kier molecular flexibility index (Phi) is 6.69. The molecule has 184 valence electrons. The molecule has 0 radical (unpaired) electrons. The Balaban J connectivity index is 1.35. The summed E-state index contributed by atoms with van der Waals surface area (Å²) in [5.41, 5.74) is 7.68. The summed E-state index contributed by atoms with van der Waals surface area (Å²) in [5, 5.41) is 17.8. The quantitative estimate of drug-likeness (QED) is 0.297. The monoisotopic (exact) mass is 497 g/mol. The number of carbonyl (C=O) groups is 2. The fourth-order valence-corrected chi connectivity index (χ4v) is 4.47. The molecule has 35 heavy (non-hydrogen) atoms. The first-order valence-electron chi connectivity index (χ1n) is 11.8. The van der Waals surface area contributed by atoms with Gasteiger partial charge in [0.1, 0.15) is 11.0 Å². The average Bonchev–Trinajstić information content (AvgIpc) is 3.55. The van der Waals surface area contributed by atoms with E-state index < -0.39 is 0 Å². The van der Waals surface area contributed by atoms with Crippen LogP contribution in [0.3, 0.4) is 0 Å². The number of hydrogen-bond donors (Lipinski definition) is 5. The third-order valence-electron chi connectivity index (χ3n) is 6.25. The minimum atomic E-state index is -0.349. The number of imidazole rings is 1. The van der Waals surface area contributed by atoms with Gasteiger partial charge in [0.05, 0.1) is 18.4 Å². The zero-order chi connectivity index (χ0) is 24.4. The maximum Gasteiger partial charge on any atom is 0.276 e. The van der Waals surface area contributed by atoms with Crippen LogP contribution in [0.4, 0.5) is 17.2 Å². The van der Waals surface area contributed by atoms with Gasteiger partial charge in [0, 0.05) is 36.1 Å². The lowest BCUT2D eigenvalue weighted by Crippen LogP contribution is -2.42. The average molecular weight is 498 g/mol. The van der Waals surface area contributed by atoms with Crippen LogP contribution in [-0.2, 0) is 4.79 Å². The molecule has 2 amide bonds. The van der Waals surface area contributed by atoms with Gasteiger partial charge in [-0.3, -0.25) is 9.59 Å². The predicted molar refractivity (Wildman–Crippen MR) is 134 cm³/mol. The van der Waals surface area contributed by atoms with Crippen molar-refractivity contribution in [1.82, 2.24) is 24.9 Å². The Bertz CT molecular complexity index is 1230. The summed E-state index contributed by atoms with van der Waals surface area (Å²) >= 11 is 5.94. The minimum absolute atomic E-state index is 0.00784. The molecule has 0 aromatic carbocycles. The van der Waals surface area contributed by atoms with Crippen LogP contribution < -0.4 is 27.0 Å². The van der Waals surface area contributed by atoms with E-state index in [0.717, 1.165) is 44.2 Å². The number of halogens is 1. The first-order chi connectivity index (χ1) is 17.0. The van der Waals surface area contributed by atoms with Crippen LogP contribution in [0.5, 0.6) is 0 Å². The van der Waals surface area contributed by atoms with Crippen molar-refractivity contribution >= 4 is 46.3 Å². The third-order valence-corrected chi connectivity index (χ3v) is 6.46. The van der Waals surface area contributed by atoms with Gasteiger partial charge in [-0.1, -0.05) is 11.6 Å². The van der Waals surface area contributed by atoms with Crippen molar-refractivity contribution in [2.45, 2.75) is 56.7 Å². The maximum atomic E-state index is 13.0. The van der Waals surface area contributed by atoms with Gasteiger partial charge in [-0.05, 0) is 50.7 Å². The van der Waals surface area contributed by atoms with Gasteiger partial charge in [-0.25, -0.2) is 14.5 Å². The van der Waals surface area contributed by atoms with Gasteiger partial charge < -0.3 is 27.0 Å². The second kappa shape index (κ2) is 10.0. The van der Waals surface area contributed by atoms with Crippen LogP contribution in [0.25, 0.3) is 5.65 Å². The molecule has 0 spiro atoms. The Morgan fingerprint density at radius 2 is 1.74 bits per heavy atom. The predicted octanol–water partition coefficient (Wildman–Crippen LogP) is 2.40. The lowest BCUT2D eigenvalue weighted by Gasteiger charge is -2.30. The SMILES string of the molecule is NCC(=O)N[C@H]1CC[C@H](Nc2cc(NC3CC3)c3ncc(C(=O)Nc4ccnc(Cl)c4)n3n2)CC1. The van der Waals surface area contributed by atoms with E-state index in [2.05, 4.69) is 31.2 Å². The third kappa shape index (κ3) is 5.63. The van der Waals surface area contributed by atoms with Crippen molar-refractivity contribution in [3.05, 3.63) is 41.4 Å². The number of nitrogens with zero attached hydrogens (tertiary/aromatic N) is 4. The number of anilines is 3. The Labute approximate surface area is 207 Å². The number of carbonyl (C=O) groups excluding carboxylic acids is 2. The summed E-state index contributed by atoms with van der Waals surface area (Å²) in [5.74, 6) is 0.191. The minimum Gasteiger partial charge on any atom is -0.379 e. The highest BCUT2D eigenvalue weighted by Crippen LogP contribution is 2.30. The molecule has 2 fully saturated rings. The topological polar surface area (TPSA) is 151 Å². The molecular formula is C23H28ClN9O2. The van der Waals surface area contributed by atoms with Crippen LogP contribution in [0.15, 0.2) is 30.6 Å². The van der Waals surface area contributed by atoms with E-state index >= 15 is 0 Å². The molecule has 3 aromatic rings. The molecule has 12 heteroatoms. The van der Waals surface area contributed by atoms with E-state index in [1.165, 1.54) is 12.4 Å². The van der Waals surface area contributed by atoms with Crippen LogP contribution >= 0.6 is 11.6 Å². The lowest BCUT2D eigenvalue weighted by atomic mass is 9.91. The molecular weight excluding hydrogens is 470 g/mol. The van der Waals surface area contributed by atoms with Crippen molar-refractivity contribution in [2.24, 2.45) is 5.73 Å². The molecule has 3 aromatic heterocycles. The van der Waals surface area contributed by atoms with E-state index in [-0.39, 0.29) is 30.4 Å². The van der Waals surface area contributed by atoms with Crippen LogP contribution in [-0.4, -0.2) is 56.1 Å². The lowest BCUT2D eigenvalue weighted by molar-refractivity contribution is -0.120. The number of aromatic nitrogens is 4. The number of rotatable bonds is 8. The molecule has 0 atom stereocenters. The van der Waals surface area contributed by atoms with Gasteiger partial charge in [-0.15, -0.1) is 5.10 Å². The van der Waals surface area contributed by atoms with E-state index in [4.69, 9.17) is 22.4 Å². The highest BCUT2D eigenvalue weighted by atomic mass is 35.5. The van der Waals surface area contributed by atoms with Gasteiger partial charge in [0.25, 0.3) is 5.91 Å². The van der Waals surface area contributed by atoms with Crippen LogP contribution in [0.1, 0.15) is 49.0 Å². The standard InChI is InChI=1S/C23H28ClN9O2/c24-19-9-16(7-8-26-19)31-23(35)18-12-27-22-17(28-13-1-2-13)10-20(32-33(18)22)29-14-3-5-15(6-4-14)30-21(34)11-25/h7-10,12-15,28H,1-6,11,25H2,(H,29,32)(H,30,34)(H,26,31,35)/t14-,15-. The fraction of sp³-hybridized carbons (Fsp3) is 0.435. The van der Waals surface area contributed by atoms with Crippen LogP contribution in [0, 0.1) is 0 Å². The summed E-state index contributed by atoms with van der Waals surface area (Å²) in [7, 11) is 0. The molecule has 2 saturated carbocycles. The molecule has 0 aliphatic heterocycles. The Morgan fingerprint density at radius 3 is 2.46 bits per heavy atom. The first-order valence-corrected chi connectivity index (χ1v) is 12.2. The fourth-order valence-electron chi connectivity index (χ4n) is 4.30. The molecule has 6 N–H and O–H groups in total. The van der Waals surface area contributed by atoms with Crippen LogP contribution in [0.2, 0.25) is 5.15 Å². The molecule has 2 aliphatic carbocycles. The highest BCUT2D eigenvalue weighted by molar-refractivity contribution is 6.29. The Hall–Kier alpha value is -3.44. The second-order valence-corrected chi connectivity index (χ2v) is 9.41. The van der Waals surface area contributed by atoms with Crippen molar-refractivity contribution in [3.63, 3.8) is 0 Å². The zero-order valence-corrected chi connectivity index (χ0v) is 19.9. The van der Waals surface area contributed by atoms with Crippen molar-refractivity contribution < 1.29 is 9.59 Å². The molecule has 3 heterocycles. The van der Waals surface area contributed by atoms with Gasteiger partial charge >= 0.3 is 0 Å². The summed E-state index contributed by atoms with van der Waals surface area (Å²) in [6.45, 7) is 0.00784. The number of amides is 2.